The molecule has 2 N–H and O–H groups in total. The molecule has 2 aromatic rings. The summed E-state index contributed by atoms with van der Waals surface area (Å²) in [5.74, 6) is -0.247. The molecule has 0 spiro atoms. The number of nitrogens with two attached hydrogens (primary N) is 1. The van der Waals surface area contributed by atoms with E-state index in [-0.39, 0.29) is 11.2 Å². The van der Waals surface area contributed by atoms with E-state index in [1.807, 2.05) is 16.9 Å². The van der Waals surface area contributed by atoms with Gasteiger partial charge in [-0.1, -0.05) is 26.8 Å². The summed E-state index contributed by atoms with van der Waals surface area (Å²) in [7, 11) is 0. The Morgan fingerprint density at radius 2 is 1.91 bits per heavy atom. The summed E-state index contributed by atoms with van der Waals surface area (Å²) >= 11 is 0. The van der Waals surface area contributed by atoms with Crippen molar-refractivity contribution in [1.82, 2.24) is 9.78 Å². The first-order chi connectivity index (χ1) is 10.9. The zero-order valence-corrected chi connectivity index (χ0v) is 14.1. The molecule has 0 unspecified atom stereocenters. The fourth-order valence-corrected chi connectivity index (χ4v) is 3.22. The Balaban J connectivity index is 2.05. The van der Waals surface area contributed by atoms with Gasteiger partial charge in [-0.2, -0.15) is 5.10 Å². The maximum absolute atomic E-state index is 13.6. The number of halogens is 1. The Morgan fingerprint density at radius 3 is 2.52 bits per heavy atom. The Bertz CT molecular complexity index is 679. The van der Waals surface area contributed by atoms with Crippen molar-refractivity contribution in [3.8, 4) is 5.69 Å². The lowest BCUT2D eigenvalue weighted by Crippen LogP contribution is -2.40. The summed E-state index contributed by atoms with van der Waals surface area (Å²) in [6.45, 7) is 8.38. The lowest BCUT2D eigenvalue weighted by molar-refractivity contribution is 0.492. The number of rotatable bonds is 2. The van der Waals surface area contributed by atoms with Crippen LogP contribution in [0.3, 0.4) is 0 Å². The predicted molar refractivity (Wildman–Crippen MR) is 91.6 cm³/mol. The average molecular weight is 316 g/mol. The largest absolute Gasteiger partial charge is 0.369 e. The number of aromatic nitrogens is 2. The van der Waals surface area contributed by atoms with Gasteiger partial charge in [0.05, 0.1) is 23.3 Å². The molecule has 0 amide bonds. The van der Waals surface area contributed by atoms with Gasteiger partial charge in [-0.3, -0.25) is 0 Å². The minimum Gasteiger partial charge on any atom is -0.369 e. The van der Waals surface area contributed by atoms with E-state index in [1.165, 1.54) is 12.1 Å². The number of hydrogen-bond donors (Lipinski definition) is 1. The van der Waals surface area contributed by atoms with Crippen LogP contribution < -0.4 is 10.6 Å². The summed E-state index contributed by atoms with van der Waals surface area (Å²) in [4.78, 5) is 2.35. The monoisotopic (exact) mass is 316 g/mol. The Hall–Kier alpha value is -1.88. The van der Waals surface area contributed by atoms with Crippen molar-refractivity contribution in [1.29, 1.82) is 0 Å². The highest BCUT2D eigenvalue weighted by molar-refractivity contribution is 5.55. The van der Waals surface area contributed by atoms with Gasteiger partial charge in [-0.05, 0) is 31.0 Å². The van der Waals surface area contributed by atoms with Crippen LogP contribution in [0.4, 0.5) is 10.1 Å². The van der Waals surface area contributed by atoms with Crippen LogP contribution >= 0.6 is 0 Å². The van der Waals surface area contributed by atoms with Gasteiger partial charge in [0.1, 0.15) is 5.82 Å². The van der Waals surface area contributed by atoms with Crippen LogP contribution in [0.1, 0.15) is 39.3 Å². The van der Waals surface area contributed by atoms with Gasteiger partial charge in [0.25, 0.3) is 0 Å². The maximum atomic E-state index is 13.6. The molecule has 0 atom stereocenters. The van der Waals surface area contributed by atoms with Gasteiger partial charge in [-0.25, -0.2) is 9.07 Å². The highest BCUT2D eigenvalue weighted by Crippen LogP contribution is 2.35. The first-order valence-corrected chi connectivity index (χ1v) is 8.21. The van der Waals surface area contributed by atoms with Crippen LogP contribution in [0.5, 0.6) is 0 Å². The fraction of sp³-hybridized carbons (Fsp3) is 0.500. The number of piperidine rings is 1. The minimum atomic E-state index is -0.247. The molecule has 1 aliphatic rings. The highest BCUT2D eigenvalue weighted by atomic mass is 19.1. The second kappa shape index (κ2) is 5.96. The molecule has 4 nitrogen and oxygen atoms in total. The van der Waals surface area contributed by atoms with Crippen molar-refractivity contribution in [3.63, 3.8) is 0 Å². The third-order valence-electron chi connectivity index (χ3n) is 4.39. The van der Waals surface area contributed by atoms with Crippen LogP contribution in [-0.4, -0.2) is 28.9 Å². The van der Waals surface area contributed by atoms with E-state index >= 15 is 0 Å². The zero-order chi connectivity index (χ0) is 16.6. The number of anilines is 1. The van der Waals surface area contributed by atoms with Crippen LogP contribution in [0, 0.1) is 5.82 Å². The van der Waals surface area contributed by atoms with E-state index < -0.39 is 0 Å². The predicted octanol–water partition coefficient (Wildman–Crippen LogP) is 3.24. The van der Waals surface area contributed by atoms with Crippen molar-refractivity contribution in [2.45, 2.75) is 45.1 Å². The number of hydrogen-bond acceptors (Lipinski definition) is 3. The van der Waals surface area contributed by atoms with Crippen LogP contribution in [0.15, 0.2) is 30.5 Å². The normalized spacial score (nSPS) is 16.8. The molecule has 1 fully saturated rings. The molecule has 5 heteroatoms. The van der Waals surface area contributed by atoms with Crippen molar-refractivity contribution in [2.24, 2.45) is 5.73 Å². The second-order valence-corrected chi connectivity index (χ2v) is 7.34. The molecule has 1 saturated heterocycles. The van der Waals surface area contributed by atoms with E-state index in [0.29, 0.717) is 6.04 Å². The Kier molecular flexibility index (Phi) is 4.15. The van der Waals surface area contributed by atoms with E-state index in [9.17, 15) is 4.39 Å². The van der Waals surface area contributed by atoms with Gasteiger partial charge in [0, 0.05) is 24.5 Å². The maximum Gasteiger partial charge on any atom is 0.125 e. The topological polar surface area (TPSA) is 47.1 Å². The summed E-state index contributed by atoms with van der Waals surface area (Å²) in [6.07, 6.45) is 3.89. The lowest BCUT2D eigenvalue weighted by atomic mass is 9.90. The van der Waals surface area contributed by atoms with Gasteiger partial charge in [0.15, 0.2) is 0 Å². The average Bonchev–Trinajstić information content (AvgIpc) is 2.93. The third-order valence-corrected chi connectivity index (χ3v) is 4.39. The summed E-state index contributed by atoms with van der Waals surface area (Å²) in [5, 5.41) is 4.57. The summed E-state index contributed by atoms with van der Waals surface area (Å²) in [5.41, 5.74) is 8.93. The standard InChI is InChI=1S/C18H25FN4/c1-18(2,3)17-16(22-9-7-14(20)8-10-22)12-21-23(17)15-6-4-5-13(19)11-15/h4-6,11-12,14H,7-10,20H2,1-3H3. The molecule has 23 heavy (non-hydrogen) atoms. The molecule has 0 saturated carbocycles. The van der Waals surface area contributed by atoms with Crippen molar-refractivity contribution in [2.75, 3.05) is 18.0 Å². The molecule has 1 aromatic carbocycles. The minimum absolute atomic E-state index is 0.0995. The Labute approximate surface area is 137 Å². The first kappa shape index (κ1) is 16.0. The van der Waals surface area contributed by atoms with Gasteiger partial charge < -0.3 is 10.6 Å². The molecular weight excluding hydrogens is 291 g/mol. The summed E-state index contributed by atoms with van der Waals surface area (Å²) < 4.78 is 15.5. The molecular formula is C18H25FN4. The molecule has 0 radical (unpaired) electrons. The van der Waals surface area contributed by atoms with E-state index in [0.717, 1.165) is 43.0 Å². The number of nitrogens with zero attached hydrogens (tertiary/aromatic N) is 3. The van der Waals surface area contributed by atoms with Gasteiger partial charge >= 0.3 is 0 Å². The van der Waals surface area contributed by atoms with E-state index in [2.05, 4.69) is 30.8 Å². The van der Waals surface area contributed by atoms with Crippen molar-refractivity contribution in [3.05, 3.63) is 42.0 Å². The molecule has 1 aromatic heterocycles. The van der Waals surface area contributed by atoms with E-state index in [4.69, 9.17) is 5.73 Å². The summed E-state index contributed by atoms with van der Waals surface area (Å²) in [6, 6.07) is 6.89. The molecule has 3 rings (SSSR count). The smallest absolute Gasteiger partial charge is 0.125 e. The lowest BCUT2D eigenvalue weighted by Gasteiger charge is -2.34. The second-order valence-electron chi connectivity index (χ2n) is 7.34. The molecule has 2 heterocycles. The molecule has 124 valence electrons. The molecule has 1 aliphatic heterocycles. The zero-order valence-electron chi connectivity index (χ0n) is 14.1. The fourth-order valence-electron chi connectivity index (χ4n) is 3.22. The molecule has 0 bridgehead atoms. The Morgan fingerprint density at radius 1 is 1.22 bits per heavy atom. The third kappa shape index (κ3) is 3.24. The number of benzene rings is 1. The van der Waals surface area contributed by atoms with Crippen LogP contribution in [0.25, 0.3) is 5.69 Å². The SMILES string of the molecule is CC(C)(C)c1c(N2CCC(N)CC2)cnn1-c1cccc(F)c1. The highest BCUT2D eigenvalue weighted by Gasteiger charge is 2.29. The first-order valence-electron chi connectivity index (χ1n) is 8.21. The molecule has 0 aliphatic carbocycles. The van der Waals surface area contributed by atoms with Crippen molar-refractivity contribution >= 4 is 5.69 Å². The van der Waals surface area contributed by atoms with Gasteiger partial charge in [0.2, 0.25) is 0 Å². The quantitative estimate of drug-likeness (QED) is 0.925. The van der Waals surface area contributed by atoms with Gasteiger partial charge in [-0.15, -0.1) is 0 Å². The van der Waals surface area contributed by atoms with Crippen LogP contribution in [0.2, 0.25) is 0 Å². The van der Waals surface area contributed by atoms with E-state index in [1.54, 1.807) is 6.07 Å². The van der Waals surface area contributed by atoms with Crippen molar-refractivity contribution < 1.29 is 4.39 Å². The van der Waals surface area contributed by atoms with Crippen LogP contribution in [-0.2, 0) is 5.41 Å².